The lowest BCUT2D eigenvalue weighted by Crippen LogP contribution is -2.30. The molecule has 0 aromatic carbocycles. The minimum atomic E-state index is -0.795. The molecule has 0 radical (unpaired) electrons. The zero-order valence-electron chi connectivity index (χ0n) is 54.4. The second-order valence-electron chi connectivity index (χ2n) is 23.0. The molecule has 0 heterocycles. The van der Waals surface area contributed by atoms with Crippen LogP contribution in [0.3, 0.4) is 0 Å². The summed E-state index contributed by atoms with van der Waals surface area (Å²) in [5.41, 5.74) is 0. The largest absolute Gasteiger partial charge is 0.462 e. The summed E-state index contributed by atoms with van der Waals surface area (Å²) >= 11 is 0. The van der Waals surface area contributed by atoms with Gasteiger partial charge in [0, 0.05) is 19.3 Å². The summed E-state index contributed by atoms with van der Waals surface area (Å²) in [4.78, 5) is 38.5. The summed E-state index contributed by atoms with van der Waals surface area (Å²) in [7, 11) is 0. The van der Waals surface area contributed by atoms with E-state index in [4.69, 9.17) is 14.2 Å². The minimum absolute atomic E-state index is 0.0880. The van der Waals surface area contributed by atoms with Crippen LogP contribution >= 0.6 is 0 Å². The van der Waals surface area contributed by atoms with Gasteiger partial charge in [-0.3, -0.25) is 14.4 Å². The lowest BCUT2D eigenvalue weighted by Gasteiger charge is -2.18. The van der Waals surface area contributed by atoms with Gasteiger partial charge in [0.15, 0.2) is 6.10 Å². The normalized spacial score (nSPS) is 12.9. The first kappa shape index (κ1) is 78.8. The summed E-state index contributed by atoms with van der Waals surface area (Å²) in [5, 5.41) is 0. The number of carbonyl (C=O) groups excluding carboxylic acids is 3. The van der Waals surface area contributed by atoms with E-state index in [9.17, 15) is 14.4 Å². The summed E-state index contributed by atoms with van der Waals surface area (Å²) < 4.78 is 17.0. The molecule has 0 saturated carbocycles. The van der Waals surface area contributed by atoms with Crippen LogP contribution in [0.4, 0.5) is 0 Å². The number of carbonyl (C=O) groups is 3. The van der Waals surface area contributed by atoms with Crippen molar-refractivity contribution >= 4 is 17.9 Å². The molecule has 0 N–H and O–H groups in total. The molecule has 1 unspecified atom stereocenters. The number of allylic oxidation sites excluding steroid dienone is 20. The van der Waals surface area contributed by atoms with Crippen LogP contribution in [0.25, 0.3) is 0 Å². The Kier molecular flexibility index (Phi) is 66.7. The summed E-state index contributed by atoms with van der Waals surface area (Å²) in [6.07, 6.45) is 97.8. The van der Waals surface area contributed by atoms with Gasteiger partial charge in [0.1, 0.15) is 13.2 Å². The molecule has 6 heteroatoms. The molecule has 0 aromatic heterocycles. The molecule has 0 aliphatic rings. The molecule has 0 aliphatic heterocycles. The summed E-state index contributed by atoms with van der Waals surface area (Å²) in [6.45, 7) is 6.42. The molecule has 1 atom stereocenters. The van der Waals surface area contributed by atoms with Gasteiger partial charge in [0.05, 0.1) is 0 Å². The Bertz CT molecular complexity index is 1700. The summed E-state index contributed by atoms with van der Waals surface area (Å²) in [5.74, 6) is -0.900. The van der Waals surface area contributed by atoms with Gasteiger partial charge in [-0.05, 0) is 128 Å². The maximum Gasteiger partial charge on any atom is 0.306 e. The molecule has 0 aromatic rings. The van der Waals surface area contributed by atoms with E-state index in [2.05, 4.69) is 142 Å². The highest BCUT2D eigenvalue weighted by atomic mass is 16.6. The molecule has 0 saturated heterocycles. The van der Waals surface area contributed by atoms with Gasteiger partial charge in [-0.15, -0.1) is 0 Å². The highest BCUT2D eigenvalue weighted by molar-refractivity contribution is 5.71. The van der Waals surface area contributed by atoms with Crippen molar-refractivity contribution in [1.82, 2.24) is 0 Å². The fraction of sp³-hybridized carbons (Fsp3) is 0.701. The zero-order valence-corrected chi connectivity index (χ0v) is 54.4. The molecule has 0 fully saturated rings. The van der Waals surface area contributed by atoms with E-state index >= 15 is 0 Å². The van der Waals surface area contributed by atoms with E-state index < -0.39 is 6.10 Å². The second-order valence-corrected chi connectivity index (χ2v) is 23.0. The molecule has 0 bridgehead atoms. The molecule has 0 spiro atoms. The Morgan fingerprint density at radius 2 is 0.470 bits per heavy atom. The van der Waals surface area contributed by atoms with Crippen molar-refractivity contribution in [2.75, 3.05) is 13.2 Å². The predicted octanol–water partition coefficient (Wildman–Crippen LogP) is 24.3. The minimum Gasteiger partial charge on any atom is -0.462 e. The van der Waals surface area contributed by atoms with Gasteiger partial charge < -0.3 is 14.2 Å². The van der Waals surface area contributed by atoms with Gasteiger partial charge in [-0.1, -0.05) is 303 Å². The van der Waals surface area contributed by atoms with Gasteiger partial charge >= 0.3 is 17.9 Å². The highest BCUT2D eigenvalue weighted by Crippen LogP contribution is 2.17. The van der Waals surface area contributed by atoms with E-state index in [0.717, 1.165) is 135 Å². The lowest BCUT2D eigenvalue weighted by molar-refractivity contribution is -0.167. The first-order valence-electron chi connectivity index (χ1n) is 35.0. The molecule has 6 nitrogen and oxygen atoms in total. The number of hydrogen-bond donors (Lipinski definition) is 0. The van der Waals surface area contributed by atoms with Crippen molar-refractivity contribution in [2.45, 2.75) is 335 Å². The topological polar surface area (TPSA) is 78.9 Å². The quantitative estimate of drug-likeness (QED) is 0.0261. The third-order valence-corrected chi connectivity index (χ3v) is 14.9. The van der Waals surface area contributed by atoms with Crippen LogP contribution in [0.2, 0.25) is 0 Å². The number of ether oxygens (including phenoxy) is 3. The van der Waals surface area contributed by atoms with Gasteiger partial charge in [-0.25, -0.2) is 0 Å². The van der Waals surface area contributed by atoms with E-state index in [1.165, 1.54) is 154 Å². The van der Waals surface area contributed by atoms with Gasteiger partial charge in [0.2, 0.25) is 0 Å². The average molecular weight is 1150 g/mol. The first-order chi connectivity index (χ1) is 41.0. The Balaban J connectivity index is 4.38. The van der Waals surface area contributed by atoms with E-state index in [0.29, 0.717) is 19.3 Å². The van der Waals surface area contributed by atoms with E-state index in [1.54, 1.807) is 0 Å². The van der Waals surface area contributed by atoms with Crippen LogP contribution in [0.5, 0.6) is 0 Å². The number of rotatable bonds is 63. The molecule has 83 heavy (non-hydrogen) atoms. The number of esters is 3. The van der Waals surface area contributed by atoms with Crippen LogP contribution in [-0.2, 0) is 28.6 Å². The maximum atomic E-state index is 13.0. The first-order valence-corrected chi connectivity index (χ1v) is 35.0. The van der Waals surface area contributed by atoms with Crippen LogP contribution < -0.4 is 0 Å². The molecular weight excluding hydrogens is 1020 g/mol. The van der Waals surface area contributed by atoms with Crippen molar-refractivity contribution in [1.29, 1.82) is 0 Å². The van der Waals surface area contributed by atoms with Crippen molar-refractivity contribution in [3.8, 4) is 0 Å². The maximum absolute atomic E-state index is 13.0. The van der Waals surface area contributed by atoms with Crippen LogP contribution in [0.15, 0.2) is 122 Å². The van der Waals surface area contributed by atoms with Crippen molar-refractivity contribution in [3.05, 3.63) is 122 Å². The predicted molar refractivity (Wildman–Crippen MR) is 362 cm³/mol. The van der Waals surface area contributed by atoms with Crippen LogP contribution in [0.1, 0.15) is 329 Å². The zero-order chi connectivity index (χ0) is 59.9. The molecule has 0 aliphatic carbocycles. The molecule has 0 amide bonds. The van der Waals surface area contributed by atoms with Crippen molar-refractivity contribution in [3.63, 3.8) is 0 Å². The summed E-state index contributed by atoms with van der Waals surface area (Å²) in [6, 6.07) is 0. The molecular formula is C77H130O6. The standard InChI is InChI=1S/C77H130O6/c1-4-7-10-13-16-19-22-25-28-31-33-35-36-37-38-39-40-42-43-46-49-52-55-58-61-64-67-70-76(79)82-73-74(72-81-75(78)69-66-63-60-57-54-51-48-45-30-27-24-21-18-15-12-9-6-3)83-77(80)71-68-65-62-59-56-53-50-47-44-41-34-32-29-26-23-20-17-14-11-8-5-2/h7-8,10-11,16-17,19-20,25-30,33-35,41,47,50,74H,4-6,9,12-15,18,21-24,31-32,36-40,42-46,48-49,51-73H2,1-3H3/b10-7-,11-8-,19-16-,20-17-,28-25-,29-26-,30-27-,35-33-,41-34-,50-47-. The fourth-order valence-corrected chi connectivity index (χ4v) is 9.75. The Hall–Kier alpha value is -4.19. The van der Waals surface area contributed by atoms with Gasteiger partial charge in [0.25, 0.3) is 0 Å². The Labute approximate surface area is 513 Å². The molecule has 0 rings (SSSR count). The number of unbranched alkanes of at least 4 members (excludes halogenated alkanes) is 32. The van der Waals surface area contributed by atoms with Crippen molar-refractivity contribution in [2.24, 2.45) is 0 Å². The SMILES string of the molecule is CC/C=C\C/C=C\C/C=C\C/C=C\C/C=C\CCCCCCCC(=O)OC(COC(=O)CCCCCCCCC/C=C\CCCCCCCC)COC(=O)CCCCCCCCCCCCCCCC/C=C\C/C=C\C/C=C\C/C=C\CC. The Morgan fingerprint density at radius 3 is 0.747 bits per heavy atom. The van der Waals surface area contributed by atoms with Crippen LogP contribution in [0, 0.1) is 0 Å². The van der Waals surface area contributed by atoms with E-state index in [-0.39, 0.29) is 31.1 Å². The number of hydrogen-bond acceptors (Lipinski definition) is 6. The Morgan fingerprint density at radius 1 is 0.253 bits per heavy atom. The van der Waals surface area contributed by atoms with Crippen molar-refractivity contribution < 1.29 is 28.6 Å². The third kappa shape index (κ3) is 68.5. The third-order valence-electron chi connectivity index (χ3n) is 14.9. The molecule has 474 valence electrons. The monoisotopic (exact) mass is 1150 g/mol. The second kappa shape index (κ2) is 70.3. The van der Waals surface area contributed by atoms with Gasteiger partial charge in [-0.2, -0.15) is 0 Å². The lowest BCUT2D eigenvalue weighted by atomic mass is 10.0. The van der Waals surface area contributed by atoms with Crippen LogP contribution in [-0.4, -0.2) is 37.2 Å². The smallest absolute Gasteiger partial charge is 0.306 e. The highest BCUT2D eigenvalue weighted by Gasteiger charge is 2.19. The fourth-order valence-electron chi connectivity index (χ4n) is 9.75. The average Bonchev–Trinajstić information content (AvgIpc) is 3.50. The van der Waals surface area contributed by atoms with E-state index in [1.807, 2.05) is 0 Å².